The van der Waals surface area contributed by atoms with Gasteiger partial charge in [0, 0.05) is 0 Å². The van der Waals surface area contributed by atoms with Gasteiger partial charge in [-0.2, -0.15) is 0 Å². The maximum absolute atomic E-state index is 10.7. The van der Waals surface area contributed by atoms with E-state index in [-0.39, 0.29) is 18.0 Å². The molecule has 53 valence electrons. The Balaban J connectivity index is 3.51. The summed E-state index contributed by atoms with van der Waals surface area (Å²) in [7, 11) is 0. The molecule has 9 heavy (non-hydrogen) atoms. The van der Waals surface area contributed by atoms with Crippen LogP contribution in [0, 0.1) is 12.8 Å². The Kier molecular flexibility index (Phi) is 3.28. The van der Waals surface area contributed by atoms with Gasteiger partial charge in [0.15, 0.2) is 0 Å². The summed E-state index contributed by atoms with van der Waals surface area (Å²) in [5.41, 5.74) is 0. The first-order valence-electron chi connectivity index (χ1n) is 3.07. The molecule has 0 spiro atoms. The molecule has 0 N–H and O–H groups in total. The zero-order valence-electron chi connectivity index (χ0n) is 6.18. The molecule has 0 aromatic rings. The molecule has 0 aliphatic carbocycles. The normalized spacial score (nSPS) is 10.4. The molecule has 2 nitrogen and oxygen atoms in total. The summed E-state index contributed by atoms with van der Waals surface area (Å²) >= 11 is 0. The van der Waals surface area contributed by atoms with E-state index in [9.17, 15) is 4.79 Å². The van der Waals surface area contributed by atoms with Gasteiger partial charge in [0.05, 0.1) is 12.0 Å². The van der Waals surface area contributed by atoms with E-state index in [1.54, 1.807) is 20.8 Å². The van der Waals surface area contributed by atoms with Gasteiger partial charge >= 0.3 is 5.97 Å². The van der Waals surface area contributed by atoms with Crippen LogP contribution in [0.15, 0.2) is 0 Å². The summed E-state index contributed by atoms with van der Waals surface area (Å²) in [6.07, 6.45) is -0.236. The first-order chi connectivity index (χ1) is 4.04. The Labute approximate surface area is 56.2 Å². The molecule has 1 unspecified atom stereocenters. The molecule has 0 heterocycles. The second-order valence-corrected chi connectivity index (χ2v) is 2.40. The zero-order valence-corrected chi connectivity index (χ0v) is 6.18. The minimum absolute atomic E-state index is 0.0470. The van der Waals surface area contributed by atoms with Gasteiger partial charge in [-0.05, 0) is 13.8 Å². The number of carbonyl (C=O) groups is 1. The molecule has 1 atom stereocenters. The molecule has 0 amide bonds. The number of hydrogen-bond donors (Lipinski definition) is 0. The summed E-state index contributed by atoms with van der Waals surface area (Å²) in [6.45, 7) is 8.85. The van der Waals surface area contributed by atoms with Crippen molar-refractivity contribution in [1.29, 1.82) is 0 Å². The SMILES string of the molecule is [CH2]C(C)OC(=O)C(C)C. The van der Waals surface area contributed by atoms with E-state index in [1.165, 1.54) is 0 Å². The maximum atomic E-state index is 10.7. The van der Waals surface area contributed by atoms with Crippen LogP contribution in [0.4, 0.5) is 0 Å². The average Bonchev–Trinajstić information content (AvgIpc) is 1.63. The third-order valence-electron chi connectivity index (χ3n) is 0.789. The first-order valence-corrected chi connectivity index (χ1v) is 3.07. The summed E-state index contributed by atoms with van der Waals surface area (Å²) in [4.78, 5) is 10.7. The summed E-state index contributed by atoms with van der Waals surface area (Å²) in [5.74, 6) is -0.230. The summed E-state index contributed by atoms with van der Waals surface area (Å²) < 4.78 is 4.76. The Morgan fingerprint density at radius 1 is 1.44 bits per heavy atom. The van der Waals surface area contributed by atoms with Crippen molar-refractivity contribution in [3.63, 3.8) is 0 Å². The first kappa shape index (κ1) is 8.47. The van der Waals surface area contributed by atoms with Crippen LogP contribution >= 0.6 is 0 Å². The van der Waals surface area contributed by atoms with Gasteiger partial charge in [0.2, 0.25) is 0 Å². The number of carbonyl (C=O) groups excluding carboxylic acids is 1. The van der Waals surface area contributed by atoms with Crippen molar-refractivity contribution in [3.05, 3.63) is 6.92 Å². The van der Waals surface area contributed by atoms with E-state index in [4.69, 9.17) is 4.74 Å². The zero-order chi connectivity index (χ0) is 7.44. The standard InChI is InChI=1S/C7H13O2/c1-5(2)7(8)9-6(3)4/h5-6H,3H2,1-2,4H3. The van der Waals surface area contributed by atoms with Crippen LogP contribution in [0.25, 0.3) is 0 Å². The van der Waals surface area contributed by atoms with E-state index in [2.05, 4.69) is 6.92 Å². The molecule has 0 fully saturated rings. The minimum Gasteiger partial charge on any atom is -0.462 e. The van der Waals surface area contributed by atoms with Crippen molar-refractivity contribution in [1.82, 2.24) is 0 Å². The lowest BCUT2D eigenvalue weighted by Gasteiger charge is -2.08. The van der Waals surface area contributed by atoms with Crippen molar-refractivity contribution in [2.75, 3.05) is 0 Å². The lowest BCUT2D eigenvalue weighted by atomic mass is 10.2. The van der Waals surface area contributed by atoms with E-state index in [1.807, 2.05) is 0 Å². The molecule has 2 heteroatoms. The molecule has 0 aliphatic rings. The fourth-order valence-corrected chi connectivity index (χ4v) is 0.334. The van der Waals surface area contributed by atoms with E-state index >= 15 is 0 Å². The van der Waals surface area contributed by atoms with E-state index in [0.29, 0.717) is 0 Å². The van der Waals surface area contributed by atoms with Crippen LogP contribution in [0.5, 0.6) is 0 Å². The van der Waals surface area contributed by atoms with Gasteiger partial charge in [0.25, 0.3) is 0 Å². The van der Waals surface area contributed by atoms with Gasteiger partial charge < -0.3 is 4.74 Å². The fraction of sp³-hybridized carbons (Fsp3) is 0.714. The number of rotatable bonds is 2. The predicted octanol–water partition coefficient (Wildman–Crippen LogP) is 1.41. The monoisotopic (exact) mass is 129 g/mol. The van der Waals surface area contributed by atoms with Crippen molar-refractivity contribution in [3.8, 4) is 0 Å². The highest BCUT2D eigenvalue weighted by atomic mass is 16.5. The molecule has 1 radical (unpaired) electrons. The van der Waals surface area contributed by atoms with Gasteiger partial charge in [-0.1, -0.05) is 13.8 Å². The highest BCUT2D eigenvalue weighted by Crippen LogP contribution is 1.98. The Hall–Kier alpha value is -0.530. The average molecular weight is 129 g/mol. The summed E-state index contributed by atoms with van der Waals surface area (Å²) in [6, 6.07) is 0. The molecular formula is C7H13O2. The molecular weight excluding hydrogens is 116 g/mol. The van der Waals surface area contributed by atoms with E-state index < -0.39 is 0 Å². The fourth-order valence-electron chi connectivity index (χ4n) is 0.334. The largest absolute Gasteiger partial charge is 0.462 e. The van der Waals surface area contributed by atoms with Gasteiger partial charge in [-0.15, -0.1) is 0 Å². The number of ether oxygens (including phenoxy) is 1. The molecule has 0 rings (SSSR count). The van der Waals surface area contributed by atoms with Gasteiger partial charge in [0.1, 0.15) is 0 Å². The number of esters is 1. The van der Waals surface area contributed by atoms with Crippen LogP contribution in [-0.4, -0.2) is 12.1 Å². The van der Waals surface area contributed by atoms with Crippen LogP contribution in [0.2, 0.25) is 0 Å². The van der Waals surface area contributed by atoms with Gasteiger partial charge in [-0.3, -0.25) is 4.79 Å². The lowest BCUT2D eigenvalue weighted by molar-refractivity contribution is -0.149. The summed E-state index contributed by atoms with van der Waals surface area (Å²) in [5, 5.41) is 0. The van der Waals surface area contributed by atoms with Crippen LogP contribution < -0.4 is 0 Å². The maximum Gasteiger partial charge on any atom is 0.308 e. The third kappa shape index (κ3) is 4.01. The minimum atomic E-state index is -0.236. The topological polar surface area (TPSA) is 26.3 Å². The second-order valence-electron chi connectivity index (χ2n) is 2.40. The Morgan fingerprint density at radius 3 is 2.00 bits per heavy atom. The lowest BCUT2D eigenvalue weighted by Crippen LogP contribution is -2.16. The van der Waals surface area contributed by atoms with Crippen molar-refractivity contribution in [2.24, 2.45) is 5.92 Å². The van der Waals surface area contributed by atoms with Crippen LogP contribution in [0.1, 0.15) is 20.8 Å². The highest BCUT2D eigenvalue weighted by Gasteiger charge is 2.08. The van der Waals surface area contributed by atoms with E-state index in [0.717, 1.165) is 0 Å². The quantitative estimate of drug-likeness (QED) is 0.527. The van der Waals surface area contributed by atoms with Gasteiger partial charge in [-0.25, -0.2) is 0 Å². The van der Waals surface area contributed by atoms with Crippen molar-refractivity contribution in [2.45, 2.75) is 26.9 Å². The molecule has 0 aromatic heterocycles. The Bertz CT molecular complexity index is 95.1. The van der Waals surface area contributed by atoms with Crippen molar-refractivity contribution < 1.29 is 9.53 Å². The Morgan fingerprint density at radius 2 is 1.89 bits per heavy atom. The molecule has 0 saturated carbocycles. The van der Waals surface area contributed by atoms with Crippen molar-refractivity contribution >= 4 is 5.97 Å². The smallest absolute Gasteiger partial charge is 0.308 e. The molecule has 0 aromatic carbocycles. The van der Waals surface area contributed by atoms with Crippen LogP contribution in [-0.2, 0) is 9.53 Å². The third-order valence-corrected chi connectivity index (χ3v) is 0.789. The molecule has 0 bridgehead atoms. The number of hydrogen-bond acceptors (Lipinski definition) is 2. The second kappa shape index (κ2) is 3.49. The highest BCUT2D eigenvalue weighted by molar-refractivity contribution is 5.71. The predicted molar refractivity (Wildman–Crippen MR) is 35.7 cm³/mol. The molecule has 0 saturated heterocycles. The van der Waals surface area contributed by atoms with Crippen LogP contribution in [0.3, 0.4) is 0 Å². The molecule has 0 aliphatic heterocycles.